The van der Waals surface area contributed by atoms with Gasteiger partial charge >= 0.3 is 11.9 Å². The van der Waals surface area contributed by atoms with Crippen molar-refractivity contribution in [1.29, 1.82) is 0 Å². The molecule has 8 nitrogen and oxygen atoms in total. The van der Waals surface area contributed by atoms with Gasteiger partial charge in [-0.05, 0) is 51.0 Å². The van der Waals surface area contributed by atoms with Gasteiger partial charge in [-0.15, -0.1) is 0 Å². The number of rotatable bonds is 12. The molecule has 166 valence electrons. The predicted molar refractivity (Wildman–Crippen MR) is 109 cm³/mol. The van der Waals surface area contributed by atoms with Crippen molar-refractivity contribution in [2.45, 2.75) is 95.2 Å². The van der Waals surface area contributed by atoms with Gasteiger partial charge in [-0.2, -0.15) is 0 Å². The normalized spacial score (nSPS) is 22.4. The number of amides is 1. The molecular weight excluding hydrogens is 374 g/mol. The van der Waals surface area contributed by atoms with Crippen LogP contribution in [0.5, 0.6) is 0 Å². The molecule has 5 N–H and O–H groups in total. The van der Waals surface area contributed by atoms with Gasteiger partial charge in [-0.1, -0.05) is 38.5 Å². The van der Waals surface area contributed by atoms with E-state index in [2.05, 4.69) is 5.32 Å². The average Bonchev–Trinajstić information content (AvgIpc) is 3.20. The molecule has 2 rings (SSSR count). The molecule has 8 heteroatoms. The average molecular weight is 412 g/mol. The largest absolute Gasteiger partial charge is 0.480 e. The molecule has 1 amide bonds. The number of nitrogens with two attached hydrogens (primary N) is 1. The maximum atomic E-state index is 13.1. The van der Waals surface area contributed by atoms with Gasteiger partial charge in [-0.3, -0.25) is 14.9 Å². The molecule has 0 aromatic rings. The first-order chi connectivity index (χ1) is 13.9. The van der Waals surface area contributed by atoms with Crippen molar-refractivity contribution in [1.82, 2.24) is 10.2 Å². The molecule has 29 heavy (non-hydrogen) atoms. The van der Waals surface area contributed by atoms with Crippen LogP contribution in [0.4, 0.5) is 0 Å². The first kappa shape index (κ1) is 23.6. The maximum absolute atomic E-state index is 13.1. The van der Waals surface area contributed by atoms with E-state index in [0.29, 0.717) is 51.1 Å². The highest BCUT2D eigenvalue weighted by Crippen LogP contribution is 2.28. The summed E-state index contributed by atoms with van der Waals surface area (Å²) in [7, 11) is 0. The van der Waals surface area contributed by atoms with Gasteiger partial charge in [0.25, 0.3) is 0 Å². The summed E-state index contributed by atoms with van der Waals surface area (Å²) < 4.78 is 0. The van der Waals surface area contributed by atoms with Crippen molar-refractivity contribution in [2.75, 3.05) is 13.1 Å². The van der Waals surface area contributed by atoms with Crippen molar-refractivity contribution in [2.24, 2.45) is 11.7 Å². The van der Waals surface area contributed by atoms with E-state index in [1.165, 1.54) is 24.2 Å². The number of likely N-dealkylation sites (tertiary alicyclic amines) is 1. The summed E-state index contributed by atoms with van der Waals surface area (Å²) >= 11 is 0. The number of hydrogen-bond donors (Lipinski definition) is 4. The summed E-state index contributed by atoms with van der Waals surface area (Å²) in [6.07, 6.45) is 10.3. The Hall–Kier alpha value is -1.67. The van der Waals surface area contributed by atoms with Crippen LogP contribution in [0.3, 0.4) is 0 Å². The molecular formula is C21H37N3O5. The number of aliphatic carboxylic acids is 2. The Morgan fingerprint density at radius 3 is 2.31 bits per heavy atom. The van der Waals surface area contributed by atoms with E-state index in [9.17, 15) is 24.6 Å². The lowest BCUT2D eigenvalue weighted by Gasteiger charge is -2.30. The zero-order valence-corrected chi connectivity index (χ0v) is 17.4. The molecule has 1 saturated carbocycles. The maximum Gasteiger partial charge on any atom is 0.326 e. The molecule has 0 bridgehead atoms. The Bertz CT molecular complexity index is 550. The summed E-state index contributed by atoms with van der Waals surface area (Å²) in [4.78, 5) is 37.8. The molecule has 1 aliphatic carbocycles. The van der Waals surface area contributed by atoms with Gasteiger partial charge in [0.05, 0.1) is 6.04 Å². The quantitative estimate of drug-likeness (QED) is 0.361. The minimum Gasteiger partial charge on any atom is -0.480 e. The van der Waals surface area contributed by atoms with Crippen molar-refractivity contribution >= 4 is 17.8 Å². The Balaban J connectivity index is 2.02. The van der Waals surface area contributed by atoms with E-state index in [-0.39, 0.29) is 5.91 Å². The summed E-state index contributed by atoms with van der Waals surface area (Å²) in [6, 6.07) is -2.30. The second-order valence-electron chi connectivity index (χ2n) is 8.50. The van der Waals surface area contributed by atoms with Crippen molar-refractivity contribution in [3.05, 3.63) is 0 Å². The van der Waals surface area contributed by atoms with E-state index in [1.807, 2.05) is 0 Å². The first-order valence-electron chi connectivity index (χ1n) is 11.2. The van der Waals surface area contributed by atoms with Gasteiger partial charge in [0.1, 0.15) is 12.1 Å². The molecule has 3 atom stereocenters. The minimum absolute atomic E-state index is 0.296. The number of unbranched alkanes of at least 4 members (excludes halogenated alkanes) is 1. The van der Waals surface area contributed by atoms with Gasteiger partial charge < -0.3 is 20.8 Å². The smallest absolute Gasteiger partial charge is 0.326 e. The zero-order valence-electron chi connectivity index (χ0n) is 17.4. The van der Waals surface area contributed by atoms with Crippen LogP contribution >= 0.6 is 0 Å². The molecule has 2 fully saturated rings. The van der Waals surface area contributed by atoms with E-state index in [4.69, 9.17) is 5.73 Å². The minimum atomic E-state index is -0.997. The number of carboxylic acid groups (broad SMARTS) is 2. The highest BCUT2D eigenvalue weighted by molar-refractivity contribution is 5.88. The fourth-order valence-electron chi connectivity index (χ4n) is 4.66. The number of nitrogens with zero attached hydrogens (tertiary/aromatic N) is 1. The van der Waals surface area contributed by atoms with Crippen molar-refractivity contribution in [3.8, 4) is 0 Å². The third-order valence-corrected chi connectivity index (χ3v) is 6.35. The third-order valence-electron chi connectivity index (χ3n) is 6.35. The Morgan fingerprint density at radius 1 is 0.966 bits per heavy atom. The van der Waals surface area contributed by atoms with Gasteiger partial charge in [-0.25, -0.2) is 4.79 Å². The molecule has 0 spiro atoms. The van der Waals surface area contributed by atoms with E-state index >= 15 is 0 Å². The summed E-state index contributed by atoms with van der Waals surface area (Å²) in [5.74, 6) is -1.68. The lowest BCUT2D eigenvalue weighted by Crippen LogP contribution is -2.54. The molecule has 2 aliphatic rings. The fourth-order valence-corrected chi connectivity index (χ4v) is 4.66. The second kappa shape index (κ2) is 12.1. The van der Waals surface area contributed by atoms with Crippen LogP contribution in [0, 0.1) is 5.92 Å². The summed E-state index contributed by atoms with van der Waals surface area (Å²) in [5, 5.41) is 22.2. The standard InChI is InChI=1S/C21H37N3O5/c22-13-5-4-9-16(19(25)24-14-6-10-18(24)21(28)29)23-17(20(26)27)12-11-15-7-2-1-3-8-15/h15-18,23H,1-14,22H2,(H,26,27)(H,28,29)/t16-,17-,18-/m0/s1. The van der Waals surface area contributed by atoms with Crippen LogP contribution in [0.2, 0.25) is 0 Å². The number of nitrogens with one attached hydrogen (secondary N) is 1. The molecule has 1 aliphatic heterocycles. The lowest BCUT2D eigenvalue weighted by molar-refractivity contribution is -0.149. The van der Waals surface area contributed by atoms with Crippen LogP contribution in [0.1, 0.15) is 77.0 Å². The van der Waals surface area contributed by atoms with E-state index in [0.717, 1.165) is 25.7 Å². The second-order valence-corrected chi connectivity index (χ2v) is 8.50. The summed E-state index contributed by atoms with van der Waals surface area (Å²) in [6.45, 7) is 0.914. The number of hydrogen-bond acceptors (Lipinski definition) is 5. The molecule has 0 aromatic heterocycles. The Kier molecular flexibility index (Phi) is 9.87. The third kappa shape index (κ3) is 7.26. The predicted octanol–water partition coefficient (Wildman–Crippen LogP) is 1.96. The molecule has 0 unspecified atom stereocenters. The first-order valence-corrected chi connectivity index (χ1v) is 11.2. The molecule has 0 radical (unpaired) electrons. The van der Waals surface area contributed by atoms with Crippen LogP contribution in [-0.4, -0.2) is 64.2 Å². The highest BCUT2D eigenvalue weighted by atomic mass is 16.4. The molecule has 1 heterocycles. The zero-order chi connectivity index (χ0) is 21.2. The van der Waals surface area contributed by atoms with Crippen molar-refractivity contribution < 1.29 is 24.6 Å². The van der Waals surface area contributed by atoms with Gasteiger partial charge in [0, 0.05) is 6.54 Å². The van der Waals surface area contributed by atoms with Crippen LogP contribution in [0.25, 0.3) is 0 Å². The van der Waals surface area contributed by atoms with Crippen molar-refractivity contribution in [3.63, 3.8) is 0 Å². The Morgan fingerprint density at radius 2 is 1.69 bits per heavy atom. The monoisotopic (exact) mass is 411 g/mol. The number of carbonyl (C=O) groups excluding carboxylic acids is 1. The van der Waals surface area contributed by atoms with Crippen LogP contribution in [-0.2, 0) is 14.4 Å². The SMILES string of the molecule is NCCCC[C@H](N[C@@H](CCC1CCCCC1)C(=O)O)C(=O)N1CCC[C@H]1C(=O)O. The lowest BCUT2D eigenvalue weighted by atomic mass is 9.85. The fraction of sp³-hybridized carbons (Fsp3) is 0.857. The Labute approximate surface area is 173 Å². The molecule has 0 aromatic carbocycles. The molecule has 1 saturated heterocycles. The van der Waals surface area contributed by atoms with Crippen LogP contribution in [0.15, 0.2) is 0 Å². The highest BCUT2D eigenvalue weighted by Gasteiger charge is 2.38. The number of carbonyl (C=O) groups is 3. The van der Waals surface area contributed by atoms with Gasteiger partial charge in [0.2, 0.25) is 5.91 Å². The van der Waals surface area contributed by atoms with E-state index in [1.54, 1.807) is 0 Å². The topological polar surface area (TPSA) is 133 Å². The van der Waals surface area contributed by atoms with E-state index < -0.39 is 30.1 Å². The number of carboxylic acids is 2. The van der Waals surface area contributed by atoms with Gasteiger partial charge in [0.15, 0.2) is 0 Å². The summed E-state index contributed by atoms with van der Waals surface area (Å²) in [5.41, 5.74) is 5.57. The van der Waals surface area contributed by atoms with Crippen LogP contribution < -0.4 is 11.1 Å².